The normalized spacial score (nSPS) is 11.6. The molecule has 4 rings (SSSR count). The lowest BCUT2D eigenvalue weighted by Gasteiger charge is -2.11. The van der Waals surface area contributed by atoms with Crippen LogP contribution in [0.2, 0.25) is 5.28 Å². The Kier molecular flexibility index (Phi) is 4.29. The van der Waals surface area contributed by atoms with Gasteiger partial charge in [0.2, 0.25) is 5.28 Å². The molecule has 0 amide bonds. The van der Waals surface area contributed by atoms with Crippen molar-refractivity contribution in [2.75, 3.05) is 7.11 Å². The van der Waals surface area contributed by atoms with E-state index in [-0.39, 0.29) is 15.8 Å². The lowest BCUT2D eigenvalue weighted by Crippen LogP contribution is -2.15. The Bertz CT molecular complexity index is 1240. The third-order valence-corrected chi connectivity index (χ3v) is 5.91. The second-order valence-electron chi connectivity index (χ2n) is 5.57. The van der Waals surface area contributed by atoms with E-state index in [1.807, 2.05) is 0 Å². The molecule has 3 aromatic heterocycles. The molecule has 7 nitrogen and oxygen atoms in total. The van der Waals surface area contributed by atoms with Crippen LogP contribution in [0.1, 0.15) is 0 Å². The van der Waals surface area contributed by atoms with E-state index >= 15 is 0 Å². The van der Waals surface area contributed by atoms with Gasteiger partial charge in [-0.15, -0.1) is 0 Å². The van der Waals surface area contributed by atoms with Crippen LogP contribution in [0.4, 0.5) is 0 Å². The van der Waals surface area contributed by atoms with Crippen LogP contribution in [0.15, 0.2) is 65.8 Å². The zero-order chi connectivity index (χ0) is 19.0. The molecule has 0 unspecified atom stereocenters. The molecule has 0 saturated carbocycles. The first-order valence-corrected chi connectivity index (χ1v) is 9.68. The van der Waals surface area contributed by atoms with Gasteiger partial charge in [0.1, 0.15) is 5.75 Å². The highest BCUT2D eigenvalue weighted by molar-refractivity contribution is 7.90. The van der Waals surface area contributed by atoms with Crippen molar-refractivity contribution >= 4 is 32.7 Å². The predicted octanol–water partition coefficient (Wildman–Crippen LogP) is 3.39. The molecule has 0 aliphatic heterocycles. The summed E-state index contributed by atoms with van der Waals surface area (Å²) < 4.78 is 33.3. The summed E-state index contributed by atoms with van der Waals surface area (Å²) in [7, 11) is -2.43. The third-order valence-electron chi connectivity index (χ3n) is 4.01. The van der Waals surface area contributed by atoms with E-state index < -0.39 is 10.0 Å². The number of halogens is 1. The van der Waals surface area contributed by atoms with Crippen LogP contribution in [-0.2, 0) is 10.0 Å². The van der Waals surface area contributed by atoms with Gasteiger partial charge in [0.25, 0.3) is 10.0 Å². The monoisotopic (exact) mass is 400 g/mol. The SMILES string of the molecule is COc1ccnc2c1cc(-c1ccnc(Cl)n1)n2S(=O)(=O)c1ccccc1. The number of rotatable bonds is 4. The Labute approximate surface area is 160 Å². The van der Waals surface area contributed by atoms with Crippen molar-refractivity contribution in [3.8, 4) is 17.1 Å². The predicted molar refractivity (Wildman–Crippen MR) is 101 cm³/mol. The maximum atomic E-state index is 13.4. The second-order valence-corrected chi connectivity index (χ2v) is 7.70. The molecule has 0 fully saturated rings. The van der Waals surface area contributed by atoms with Crippen LogP contribution in [0, 0.1) is 0 Å². The van der Waals surface area contributed by atoms with Crippen molar-refractivity contribution in [2.24, 2.45) is 0 Å². The number of aromatic nitrogens is 4. The number of methoxy groups -OCH3 is 1. The van der Waals surface area contributed by atoms with Crippen molar-refractivity contribution in [1.29, 1.82) is 0 Å². The van der Waals surface area contributed by atoms with Gasteiger partial charge in [-0.1, -0.05) is 18.2 Å². The van der Waals surface area contributed by atoms with Crippen LogP contribution in [-0.4, -0.2) is 34.5 Å². The third kappa shape index (κ3) is 2.92. The van der Waals surface area contributed by atoms with Crippen molar-refractivity contribution in [3.05, 3.63) is 66.2 Å². The van der Waals surface area contributed by atoms with Gasteiger partial charge >= 0.3 is 0 Å². The average Bonchev–Trinajstić information content (AvgIpc) is 3.09. The zero-order valence-electron chi connectivity index (χ0n) is 14.1. The number of pyridine rings is 1. The highest BCUT2D eigenvalue weighted by Crippen LogP contribution is 2.34. The van der Waals surface area contributed by atoms with Crippen molar-refractivity contribution in [2.45, 2.75) is 4.90 Å². The summed E-state index contributed by atoms with van der Waals surface area (Å²) in [4.78, 5) is 12.4. The molecular formula is C18H13ClN4O3S. The quantitative estimate of drug-likeness (QED) is 0.488. The van der Waals surface area contributed by atoms with Crippen LogP contribution >= 0.6 is 11.6 Å². The highest BCUT2D eigenvalue weighted by atomic mass is 35.5. The summed E-state index contributed by atoms with van der Waals surface area (Å²) >= 11 is 5.91. The molecule has 0 saturated heterocycles. The number of fused-ring (bicyclic) bond motifs is 1. The summed E-state index contributed by atoms with van der Waals surface area (Å²) in [5.41, 5.74) is 0.910. The maximum Gasteiger partial charge on any atom is 0.269 e. The van der Waals surface area contributed by atoms with Crippen molar-refractivity contribution in [3.63, 3.8) is 0 Å². The van der Waals surface area contributed by atoms with Gasteiger partial charge in [-0.3, -0.25) is 0 Å². The molecule has 4 aromatic rings. The minimum atomic E-state index is -3.94. The Hall–Kier alpha value is -2.97. The molecule has 0 bridgehead atoms. The second kappa shape index (κ2) is 6.64. The molecule has 0 radical (unpaired) electrons. The summed E-state index contributed by atoms with van der Waals surface area (Å²) in [5, 5.41) is 0.561. The van der Waals surface area contributed by atoms with Crippen LogP contribution in [0.25, 0.3) is 22.4 Å². The minimum Gasteiger partial charge on any atom is -0.496 e. The van der Waals surface area contributed by atoms with Crippen LogP contribution in [0.3, 0.4) is 0 Å². The number of hydrogen-bond acceptors (Lipinski definition) is 6. The van der Waals surface area contributed by atoms with Gasteiger partial charge in [-0.25, -0.2) is 27.3 Å². The van der Waals surface area contributed by atoms with Gasteiger partial charge in [-0.05, 0) is 41.9 Å². The molecule has 9 heteroatoms. The fourth-order valence-corrected chi connectivity index (χ4v) is 4.46. The number of hydrogen-bond donors (Lipinski definition) is 0. The van der Waals surface area contributed by atoms with Gasteiger partial charge in [0.05, 0.1) is 28.8 Å². The Morgan fingerprint density at radius 1 is 1.04 bits per heavy atom. The summed E-state index contributed by atoms with van der Waals surface area (Å²) in [6.45, 7) is 0. The van der Waals surface area contributed by atoms with Crippen LogP contribution in [0.5, 0.6) is 5.75 Å². The smallest absolute Gasteiger partial charge is 0.269 e. The lowest BCUT2D eigenvalue weighted by atomic mass is 10.2. The minimum absolute atomic E-state index is 0.0151. The molecule has 0 spiro atoms. The molecule has 27 heavy (non-hydrogen) atoms. The van der Waals surface area contributed by atoms with Crippen molar-refractivity contribution < 1.29 is 13.2 Å². The van der Waals surface area contributed by atoms with E-state index in [4.69, 9.17) is 16.3 Å². The molecule has 136 valence electrons. The fourth-order valence-electron chi connectivity index (χ4n) is 2.83. The number of benzene rings is 1. The molecule has 0 N–H and O–H groups in total. The largest absolute Gasteiger partial charge is 0.496 e. The summed E-state index contributed by atoms with van der Waals surface area (Å²) in [6, 6.07) is 13.0. The first-order chi connectivity index (χ1) is 13.0. The molecule has 0 aliphatic rings. The van der Waals surface area contributed by atoms with E-state index in [1.165, 1.54) is 31.6 Å². The first kappa shape index (κ1) is 17.4. The lowest BCUT2D eigenvalue weighted by molar-refractivity contribution is 0.419. The molecule has 3 heterocycles. The first-order valence-electron chi connectivity index (χ1n) is 7.86. The van der Waals surface area contributed by atoms with Gasteiger partial charge in [-0.2, -0.15) is 0 Å². The molecule has 0 aliphatic carbocycles. The van der Waals surface area contributed by atoms with E-state index in [1.54, 1.807) is 36.4 Å². The van der Waals surface area contributed by atoms with E-state index in [2.05, 4.69) is 15.0 Å². The van der Waals surface area contributed by atoms with Gasteiger partial charge in [0, 0.05) is 12.4 Å². The van der Waals surface area contributed by atoms with E-state index in [9.17, 15) is 8.42 Å². The van der Waals surface area contributed by atoms with Gasteiger partial charge in [0.15, 0.2) is 5.65 Å². The Morgan fingerprint density at radius 3 is 2.48 bits per heavy atom. The molecular weight excluding hydrogens is 388 g/mol. The summed E-state index contributed by atoms with van der Waals surface area (Å²) in [5.74, 6) is 0.503. The van der Waals surface area contributed by atoms with Crippen molar-refractivity contribution in [1.82, 2.24) is 18.9 Å². The average molecular weight is 401 g/mol. The van der Waals surface area contributed by atoms with Gasteiger partial charge < -0.3 is 4.74 Å². The van der Waals surface area contributed by atoms with Crippen LogP contribution < -0.4 is 4.74 Å². The number of nitrogens with zero attached hydrogens (tertiary/aromatic N) is 4. The molecule has 0 atom stereocenters. The Balaban J connectivity index is 2.11. The standard InChI is InChI=1S/C18H13ClN4O3S/c1-26-16-8-10-20-17-13(16)11-15(14-7-9-21-18(19)22-14)23(17)27(24,25)12-5-3-2-4-6-12/h2-11H,1H3. The van der Waals surface area contributed by atoms with E-state index in [0.717, 1.165) is 3.97 Å². The van der Waals surface area contributed by atoms with E-state index in [0.29, 0.717) is 22.5 Å². The Morgan fingerprint density at radius 2 is 1.78 bits per heavy atom. The highest BCUT2D eigenvalue weighted by Gasteiger charge is 2.26. The summed E-state index contributed by atoms with van der Waals surface area (Å²) in [6.07, 6.45) is 2.96. The fraction of sp³-hybridized carbons (Fsp3) is 0.0556. The maximum absolute atomic E-state index is 13.4. The molecule has 1 aromatic carbocycles. The topological polar surface area (TPSA) is 87.0 Å². The zero-order valence-corrected chi connectivity index (χ0v) is 15.6. The number of ether oxygens (including phenoxy) is 1.